The molecule has 0 radical (unpaired) electrons. The lowest BCUT2D eigenvalue weighted by molar-refractivity contribution is 0.0936. The molecule has 0 saturated carbocycles. The average molecular weight is 363 g/mol. The van der Waals surface area contributed by atoms with Crippen molar-refractivity contribution >= 4 is 28.5 Å². The molecule has 19 heavy (non-hydrogen) atoms. The molecule has 3 rings (SSSR count). The molecule has 0 aliphatic heterocycles. The molecule has 1 unspecified atom stereocenters. The minimum Gasteiger partial charge on any atom is -0.345 e. The number of carbonyl (C=O) groups excluding carboxylic acids is 1. The Morgan fingerprint density at radius 2 is 2.00 bits per heavy atom. The van der Waals surface area contributed by atoms with Crippen LogP contribution < -0.4 is 5.32 Å². The van der Waals surface area contributed by atoms with E-state index < -0.39 is 0 Å². The molecule has 0 fully saturated rings. The Hall–Kier alpha value is -1.36. The second-order valence-electron chi connectivity index (χ2n) is 4.77. The smallest absolute Gasteiger partial charge is 0.251 e. The average Bonchev–Trinajstić information content (AvgIpc) is 2.82. The number of fused-ring (bicyclic) bond motifs is 1. The van der Waals surface area contributed by atoms with Gasteiger partial charge in [-0.2, -0.15) is 0 Å². The Morgan fingerprint density at radius 1 is 1.16 bits per heavy atom. The lowest BCUT2D eigenvalue weighted by Crippen LogP contribution is -2.27. The minimum absolute atomic E-state index is 0.0141. The Balaban J connectivity index is 1.78. The molecule has 2 aromatic rings. The molecule has 1 atom stereocenters. The molecule has 0 heterocycles. The summed E-state index contributed by atoms with van der Waals surface area (Å²) in [5.41, 5.74) is 3.35. The maximum absolute atomic E-state index is 12.2. The van der Waals surface area contributed by atoms with Gasteiger partial charge in [-0.3, -0.25) is 4.79 Å². The van der Waals surface area contributed by atoms with E-state index in [1.54, 1.807) is 0 Å². The summed E-state index contributed by atoms with van der Waals surface area (Å²) in [7, 11) is 0. The van der Waals surface area contributed by atoms with Gasteiger partial charge in [-0.1, -0.05) is 30.3 Å². The molecule has 0 saturated heterocycles. The standard InChI is InChI=1S/C16H14INO/c17-13-6-3-5-12(10-13)16(19)18-15-9-8-11-4-1-2-7-14(11)15/h1-7,10,15H,8-9H2,(H,18,19). The van der Waals surface area contributed by atoms with E-state index in [0.717, 1.165) is 22.0 Å². The van der Waals surface area contributed by atoms with Crippen molar-refractivity contribution in [1.29, 1.82) is 0 Å². The van der Waals surface area contributed by atoms with E-state index in [4.69, 9.17) is 0 Å². The Bertz CT molecular complexity index is 624. The number of aryl methyl sites for hydroxylation is 1. The lowest BCUT2D eigenvalue weighted by Gasteiger charge is -2.14. The normalized spacial score (nSPS) is 17.0. The van der Waals surface area contributed by atoms with E-state index in [1.165, 1.54) is 11.1 Å². The summed E-state index contributed by atoms with van der Waals surface area (Å²) in [6.45, 7) is 0. The van der Waals surface area contributed by atoms with Crippen molar-refractivity contribution in [3.8, 4) is 0 Å². The third-order valence-corrected chi connectivity index (χ3v) is 4.20. The summed E-state index contributed by atoms with van der Waals surface area (Å²) in [5.74, 6) is 0.0141. The van der Waals surface area contributed by atoms with Crippen LogP contribution in [0.1, 0.15) is 33.9 Å². The highest BCUT2D eigenvalue weighted by atomic mass is 127. The molecule has 1 amide bonds. The number of rotatable bonds is 2. The van der Waals surface area contributed by atoms with Crippen LogP contribution in [0.2, 0.25) is 0 Å². The molecule has 96 valence electrons. The number of hydrogen-bond acceptors (Lipinski definition) is 1. The number of benzene rings is 2. The number of hydrogen-bond donors (Lipinski definition) is 1. The van der Waals surface area contributed by atoms with E-state index >= 15 is 0 Å². The first-order valence-electron chi connectivity index (χ1n) is 6.38. The SMILES string of the molecule is O=C(NC1CCc2ccccc21)c1cccc(I)c1. The van der Waals surface area contributed by atoms with Gasteiger partial charge in [0.15, 0.2) is 0 Å². The molecule has 0 bridgehead atoms. The van der Waals surface area contributed by atoms with Gasteiger partial charge in [0.05, 0.1) is 6.04 Å². The summed E-state index contributed by atoms with van der Waals surface area (Å²) in [5, 5.41) is 3.14. The van der Waals surface area contributed by atoms with Gasteiger partial charge in [0.2, 0.25) is 0 Å². The van der Waals surface area contributed by atoms with Crippen molar-refractivity contribution in [2.75, 3.05) is 0 Å². The zero-order chi connectivity index (χ0) is 13.2. The summed E-state index contributed by atoms with van der Waals surface area (Å²) in [6, 6.07) is 16.2. The van der Waals surface area contributed by atoms with Crippen molar-refractivity contribution < 1.29 is 4.79 Å². The van der Waals surface area contributed by atoms with E-state index in [1.807, 2.05) is 30.3 Å². The zero-order valence-corrected chi connectivity index (χ0v) is 12.6. The van der Waals surface area contributed by atoms with Crippen LogP contribution in [0.3, 0.4) is 0 Å². The van der Waals surface area contributed by atoms with Gasteiger partial charge in [0.1, 0.15) is 0 Å². The number of amides is 1. The quantitative estimate of drug-likeness (QED) is 0.810. The topological polar surface area (TPSA) is 29.1 Å². The maximum Gasteiger partial charge on any atom is 0.251 e. The predicted octanol–water partition coefficient (Wildman–Crippen LogP) is 3.71. The lowest BCUT2D eigenvalue weighted by atomic mass is 10.1. The summed E-state index contributed by atoms with van der Waals surface area (Å²) < 4.78 is 1.08. The van der Waals surface area contributed by atoms with Crippen LogP contribution in [-0.2, 0) is 6.42 Å². The number of carbonyl (C=O) groups is 1. The van der Waals surface area contributed by atoms with Gasteiger partial charge >= 0.3 is 0 Å². The van der Waals surface area contributed by atoms with Crippen LogP contribution >= 0.6 is 22.6 Å². The molecule has 2 nitrogen and oxygen atoms in total. The van der Waals surface area contributed by atoms with Gasteiger partial charge in [-0.15, -0.1) is 0 Å². The molecular weight excluding hydrogens is 349 g/mol. The van der Waals surface area contributed by atoms with Gasteiger partial charge in [0.25, 0.3) is 5.91 Å². The summed E-state index contributed by atoms with van der Waals surface area (Å²) in [4.78, 5) is 12.2. The van der Waals surface area contributed by atoms with Gasteiger partial charge in [-0.05, 0) is 64.8 Å². The van der Waals surface area contributed by atoms with E-state index in [2.05, 4.69) is 46.1 Å². The van der Waals surface area contributed by atoms with Gasteiger partial charge in [-0.25, -0.2) is 0 Å². The van der Waals surface area contributed by atoms with Gasteiger partial charge < -0.3 is 5.32 Å². The van der Waals surface area contributed by atoms with Crippen molar-refractivity contribution in [2.24, 2.45) is 0 Å². The van der Waals surface area contributed by atoms with Gasteiger partial charge in [0, 0.05) is 9.13 Å². The van der Waals surface area contributed by atoms with Crippen LogP contribution in [0.4, 0.5) is 0 Å². The molecular formula is C16H14INO. The molecule has 2 aromatic carbocycles. The Labute approximate surface area is 126 Å². The Kier molecular flexibility index (Phi) is 3.55. The molecule has 1 N–H and O–H groups in total. The van der Waals surface area contributed by atoms with Crippen molar-refractivity contribution in [3.63, 3.8) is 0 Å². The Morgan fingerprint density at radius 3 is 2.84 bits per heavy atom. The summed E-state index contributed by atoms with van der Waals surface area (Å²) >= 11 is 2.22. The highest BCUT2D eigenvalue weighted by Gasteiger charge is 2.23. The first kappa shape index (κ1) is 12.7. The number of nitrogens with one attached hydrogen (secondary N) is 1. The second kappa shape index (κ2) is 5.33. The third-order valence-electron chi connectivity index (χ3n) is 3.52. The van der Waals surface area contributed by atoms with Crippen LogP contribution in [0, 0.1) is 3.57 Å². The van der Waals surface area contributed by atoms with Crippen molar-refractivity contribution in [2.45, 2.75) is 18.9 Å². The largest absolute Gasteiger partial charge is 0.345 e. The molecule has 0 spiro atoms. The predicted molar refractivity (Wildman–Crippen MR) is 84.1 cm³/mol. The van der Waals surface area contributed by atoms with E-state index in [0.29, 0.717) is 0 Å². The molecule has 3 heteroatoms. The number of halogens is 1. The fourth-order valence-corrected chi connectivity index (χ4v) is 3.12. The molecule has 0 aromatic heterocycles. The van der Waals surface area contributed by atoms with Crippen LogP contribution in [0.25, 0.3) is 0 Å². The van der Waals surface area contributed by atoms with E-state index in [-0.39, 0.29) is 11.9 Å². The minimum atomic E-state index is 0.0141. The molecule has 1 aliphatic rings. The fraction of sp³-hybridized carbons (Fsp3) is 0.188. The highest BCUT2D eigenvalue weighted by molar-refractivity contribution is 14.1. The van der Waals surface area contributed by atoms with Crippen LogP contribution in [-0.4, -0.2) is 5.91 Å². The van der Waals surface area contributed by atoms with Crippen LogP contribution in [0.5, 0.6) is 0 Å². The monoisotopic (exact) mass is 363 g/mol. The summed E-state index contributed by atoms with van der Waals surface area (Å²) in [6.07, 6.45) is 2.04. The first-order chi connectivity index (χ1) is 9.24. The first-order valence-corrected chi connectivity index (χ1v) is 7.46. The maximum atomic E-state index is 12.2. The zero-order valence-electron chi connectivity index (χ0n) is 10.4. The second-order valence-corrected chi connectivity index (χ2v) is 6.02. The van der Waals surface area contributed by atoms with Crippen molar-refractivity contribution in [3.05, 3.63) is 68.8 Å². The van der Waals surface area contributed by atoms with E-state index in [9.17, 15) is 4.79 Å². The van der Waals surface area contributed by atoms with Crippen LogP contribution in [0.15, 0.2) is 48.5 Å². The van der Waals surface area contributed by atoms with Crippen molar-refractivity contribution in [1.82, 2.24) is 5.32 Å². The third kappa shape index (κ3) is 2.66. The fourth-order valence-electron chi connectivity index (χ4n) is 2.58. The highest BCUT2D eigenvalue weighted by Crippen LogP contribution is 2.30. The molecule has 1 aliphatic carbocycles.